The standard InChI is InChI=1S/C16H24N2OS/c1-9-3-7-12(8-4-9)18-16-13(11-5-6-11)14(17)15(20-16)10(2)19/h9,11-12,18H,3-8,17H2,1-2H3. The predicted octanol–water partition coefficient (Wildman–Crippen LogP) is 4.40. The molecule has 1 aromatic heterocycles. The fraction of sp³-hybridized carbons (Fsp3) is 0.688. The van der Waals surface area contributed by atoms with Crippen LogP contribution in [-0.2, 0) is 0 Å². The van der Waals surface area contributed by atoms with Crippen molar-refractivity contribution in [3.8, 4) is 0 Å². The molecule has 0 saturated heterocycles. The summed E-state index contributed by atoms with van der Waals surface area (Å²) in [7, 11) is 0. The highest BCUT2D eigenvalue weighted by Crippen LogP contribution is 2.51. The highest BCUT2D eigenvalue weighted by atomic mass is 32.1. The van der Waals surface area contributed by atoms with Crippen molar-refractivity contribution >= 4 is 27.8 Å². The highest BCUT2D eigenvalue weighted by Gasteiger charge is 2.33. The summed E-state index contributed by atoms with van der Waals surface area (Å²) in [6, 6.07) is 0.557. The zero-order valence-corrected chi connectivity index (χ0v) is 13.2. The Bertz CT molecular complexity index is 511. The number of carbonyl (C=O) groups excluding carboxylic acids is 1. The Morgan fingerprint density at radius 1 is 1.20 bits per heavy atom. The molecule has 0 atom stereocenters. The molecule has 20 heavy (non-hydrogen) atoms. The summed E-state index contributed by atoms with van der Waals surface area (Å²) in [5, 5.41) is 4.87. The van der Waals surface area contributed by atoms with Crippen molar-refractivity contribution in [2.24, 2.45) is 5.92 Å². The Balaban J connectivity index is 1.81. The van der Waals surface area contributed by atoms with Gasteiger partial charge in [-0.25, -0.2) is 0 Å². The average Bonchev–Trinajstić information content (AvgIpc) is 3.17. The molecule has 0 radical (unpaired) electrons. The van der Waals surface area contributed by atoms with Gasteiger partial charge in [-0.1, -0.05) is 6.92 Å². The zero-order valence-electron chi connectivity index (χ0n) is 12.4. The monoisotopic (exact) mass is 292 g/mol. The Kier molecular flexibility index (Phi) is 3.76. The van der Waals surface area contributed by atoms with E-state index in [1.165, 1.54) is 49.1 Å². The van der Waals surface area contributed by atoms with Crippen LogP contribution < -0.4 is 11.1 Å². The molecule has 1 heterocycles. The highest BCUT2D eigenvalue weighted by molar-refractivity contribution is 7.18. The van der Waals surface area contributed by atoms with Crippen molar-refractivity contribution in [1.29, 1.82) is 0 Å². The molecule has 0 amide bonds. The van der Waals surface area contributed by atoms with Crippen LogP contribution in [0.1, 0.15) is 73.5 Å². The number of nitrogen functional groups attached to an aromatic ring is 1. The maximum atomic E-state index is 11.7. The fourth-order valence-corrected chi connectivity index (χ4v) is 4.37. The van der Waals surface area contributed by atoms with Crippen LogP contribution in [0.3, 0.4) is 0 Å². The molecule has 110 valence electrons. The van der Waals surface area contributed by atoms with Crippen molar-refractivity contribution < 1.29 is 4.79 Å². The van der Waals surface area contributed by atoms with Crippen LogP contribution in [0.4, 0.5) is 10.7 Å². The van der Waals surface area contributed by atoms with E-state index in [0.717, 1.165) is 16.5 Å². The third-order valence-corrected chi connectivity index (χ3v) is 5.89. The van der Waals surface area contributed by atoms with Gasteiger partial charge in [0.25, 0.3) is 0 Å². The summed E-state index contributed by atoms with van der Waals surface area (Å²) in [6.07, 6.45) is 7.51. The summed E-state index contributed by atoms with van der Waals surface area (Å²) in [5.74, 6) is 1.54. The first-order valence-corrected chi connectivity index (χ1v) is 8.57. The maximum Gasteiger partial charge on any atom is 0.171 e. The minimum Gasteiger partial charge on any atom is -0.397 e. The van der Waals surface area contributed by atoms with Gasteiger partial charge in [-0.3, -0.25) is 4.79 Å². The van der Waals surface area contributed by atoms with Crippen molar-refractivity contribution in [3.05, 3.63) is 10.4 Å². The first kappa shape index (κ1) is 13.9. The molecule has 0 aromatic carbocycles. The number of Topliss-reactive ketones (excluding diaryl/α,β-unsaturated/α-hetero) is 1. The molecular weight excluding hydrogens is 268 g/mol. The van der Waals surface area contributed by atoms with Crippen LogP contribution in [0.2, 0.25) is 0 Å². The zero-order chi connectivity index (χ0) is 14.3. The minimum atomic E-state index is 0.0970. The normalized spacial score (nSPS) is 26.5. The van der Waals surface area contributed by atoms with Gasteiger partial charge in [0, 0.05) is 18.5 Å². The Morgan fingerprint density at radius 2 is 1.85 bits per heavy atom. The van der Waals surface area contributed by atoms with E-state index in [9.17, 15) is 4.79 Å². The van der Waals surface area contributed by atoms with Gasteiger partial charge < -0.3 is 11.1 Å². The van der Waals surface area contributed by atoms with E-state index in [1.54, 1.807) is 18.3 Å². The van der Waals surface area contributed by atoms with E-state index in [-0.39, 0.29) is 5.78 Å². The van der Waals surface area contributed by atoms with E-state index in [4.69, 9.17) is 5.73 Å². The largest absolute Gasteiger partial charge is 0.397 e. The molecule has 3 rings (SSSR count). The summed E-state index contributed by atoms with van der Waals surface area (Å²) in [5.41, 5.74) is 8.20. The Morgan fingerprint density at radius 3 is 2.40 bits per heavy atom. The predicted molar refractivity (Wildman–Crippen MR) is 85.8 cm³/mol. The Hall–Kier alpha value is -1.03. The number of hydrogen-bond acceptors (Lipinski definition) is 4. The van der Waals surface area contributed by atoms with Crippen molar-refractivity contribution in [2.75, 3.05) is 11.1 Å². The molecule has 0 bridgehead atoms. The van der Waals surface area contributed by atoms with Gasteiger partial charge in [0.15, 0.2) is 5.78 Å². The van der Waals surface area contributed by atoms with E-state index >= 15 is 0 Å². The molecule has 2 saturated carbocycles. The van der Waals surface area contributed by atoms with Crippen molar-refractivity contribution in [2.45, 2.75) is 64.3 Å². The van der Waals surface area contributed by atoms with E-state index in [0.29, 0.717) is 12.0 Å². The summed E-state index contributed by atoms with van der Waals surface area (Å²) in [6.45, 7) is 3.95. The molecule has 0 aliphatic heterocycles. The number of carbonyl (C=O) groups is 1. The number of thiophene rings is 1. The lowest BCUT2D eigenvalue weighted by molar-refractivity contribution is 0.102. The topological polar surface area (TPSA) is 55.1 Å². The summed E-state index contributed by atoms with van der Waals surface area (Å²) >= 11 is 1.57. The van der Waals surface area contributed by atoms with Crippen LogP contribution in [0.5, 0.6) is 0 Å². The van der Waals surface area contributed by atoms with Gasteiger partial charge in [-0.2, -0.15) is 0 Å². The quantitative estimate of drug-likeness (QED) is 0.809. The van der Waals surface area contributed by atoms with Crippen LogP contribution in [0, 0.1) is 5.92 Å². The molecule has 3 nitrogen and oxygen atoms in total. The average molecular weight is 292 g/mol. The summed E-state index contributed by atoms with van der Waals surface area (Å²) in [4.78, 5) is 12.5. The van der Waals surface area contributed by atoms with Crippen LogP contribution in [0.25, 0.3) is 0 Å². The minimum absolute atomic E-state index is 0.0970. The first-order chi connectivity index (χ1) is 9.56. The van der Waals surface area contributed by atoms with Gasteiger partial charge in [0.05, 0.1) is 15.6 Å². The molecule has 2 aliphatic rings. The Labute approximate surface area is 124 Å². The lowest BCUT2D eigenvalue weighted by atomic mass is 9.87. The second-order valence-corrected chi connectivity index (χ2v) is 7.54. The van der Waals surface area contributed by atoms with E-state index in [2.05, 4.69) is 12.2 Å². The lowest BCUT2D eigenvalue weighted by Crippen LogP contribution is -2.25. The molecule has 0 unspecified atom stereocenters. The molecule has 3 N–H and O–H groups in total. The second kappa shape index (κ2) is 5.40. The third-order valence-electron chi connectivity index (χ3n) is 4.64. The fourth-order valence-electron chi connectivity index (χ4n) is 3.19. The number of anilines is 2. The number of nitrogens with one attached hydrogen (secondary N) is 1. The lowest BCUT2D eigenvalue weighted by Gasteiger charge is -2.27. The van der Waals surface area contributed by atoms with Crippen LogP contribution >= 0.6 is 11.3 Å². The van der Waals surface area contributed by atoms with Crippen LogP contribution in [-0.4, -0.2) is 11.8 Å². The van der Waals surface area contributed by atoms with Crippen molar-refractivity contribution in [1.82, 2.24) is 0 Å². The number of ketones is 1. The number of nitrogens with two attached hydrogens (primary N) is 1. The third kappa shape index (κ3) is 2.71. The SMILES string of the molecule is CC(=O)c1sc(NC2CCC(C)CC2)c(C2CC2)c1N. The van der Waals surface area contributed by atoms with Gasteiger partial charge in [0.2, 0.25) is 0 Å². The number of hydrogen-bond donors (Lipinski definition) is 2. The molecule has 0 spiro atoms. The van der Waals surface area contributed by atoms with Crippen LogP contribution in [0.15, 0.2) is 0 Å². The molecule has 1 aromatic rings. The van der Waals surface area contributed by atoms with E-state index < -0.39 is 0 Å². The number of rotatable bonds is 4. The molecule has 2 aliphatic carbocycles. The molecule has 2 fully saturated rings. The second-order valence-electron chi connectivity index (χ2n) is 6.52. The molecule has 4 heteroatoms. The smallest absolute Gasteiger partial charge is 0.171 e. The van der Waals surface area contributed by atoms with Gasteiger partial charge in [0.1, 0.15) is 0 Å². The maximum absolute atomic E-state index is 11.7. The molecular formula is C16H24N2OS. The van der Waals surface area contributed by atoms with Gasteiger partial charge >= 0.3 is 0 Å². The van der Waals surface area contributed by atoms with E-state index in [1.807, 2.05) is 0 Å². The summed E-state index contributed by atoms with van der Waals surface area (Å²) < 4.78 is 0. The van der Waals surface area contributed by atoms with Crippen molar-refractivity contribution in [3.63, 3.8) is 0 Å². The van der Waals surface area contributed by atoms with Gasteiger partial charge in [-0.05, 0) is 50.4 Å². The van der Waals surface area contributed by atoms with Gasteiger partial charge in [-0.15, -0.1) is 11.3 Å². The first-order valence-electron chi connectivity index (χ1n) is 7.76.